The summed E-state index contributed by atoms with van der Waals surface area (Å²) in [5, 5.41) is 5.10. The molecule has 4 heterocycles. The number of ether oxygens (including phenoxy) is 1. The normalized spacial score (nSPS) is 11.5. The fraction of sp³-hybridized carbons (Fsp3) is 0.105. The van der Waals surface area contributed by atoms with Gasteiger partial charge in [-0.2, -0.15) is 9.50 Å². The van der Waals surface area contributed by atoms with E-state index < -0.39 is 11.6 Å². The van der Waals surface area contributed by atoms with Gasteiger partial charge in [0.25, 0.3) is 0 Å². The van der Waals surface area contributed by atoms with Crippen LogP contribution in [0.25, 0.3) is 28.3 Å². The molecule has 0 radical (unpaired) electrons. The van der Waals surface area contributed by atoms with Crippen LogP contribution >= 0.6 is 0 Å². The smallest absolute Gasteiger partial charge is 0.225 e. The lowest BCUT2D eigenvalue weighted by atomic mass is 10.3. The quantitative estimate of drug-likeness (QED) is 0.490. The first-order valence-corrected chi connectivity index (χ1v) is 8.73. The van der Waals surface area contributed by atoms with Gasteiger partial charge in [-0.1, -0.05) is 0 Å². The van der Waals surface area contributed by atoms with E-state index in [1.807, 2.05) is 16.8 Å². The fourth-order valence-corrected chi connectivity index (χ4v) is 3.10. The molecule has 0 fully saturated rings. The van der Waals surface area contributed by atoms with E-state index in [4.69, 9.17) is 14.9 Å². The van der Waals surface area contributed by atoms with E-state index in [0.717, 1.165) is 17.5 Å². The van der Waals surface area contributed by atoms with Gasteiger partial charge in [-0.3, -0.25) is 0 Å². The zero-order valence-electron chi connectivity index (χ0n) is 14.9. The number of rotatable bonds is 5. The fourth-order valence-electron chi connectivity index (χ4n) is 3.10. The molecule has 0 spiro atoms. The number of aromatic nitrogens is 5. The van der Waals surface area contributed by atoms with Crippen LogP contribution in [0.2, 0.25) is 0 Å². The van der Waals surface area contributed by atoms with Crippen molar-refractivity contribution in [2.75, 3.05) is 12.3 Å². The number of hydrogen-bond acceptors (Lipinski definition) is 6. The number of halogens is 2. The van der Waals surface area contributed by atoms with Gasteiger partial charge >= 0.3 is 0 Å². The van der Waals surface area contributed by atoms with Crippen LogP contribution in [0.4, 0.5) is 14.7 Å². The van der Waals surface area contributed by atoms with Crippen LogP contribution in [0, 0.1) is 11.6 Å². The molecule has 146 valence electrons. The Hall–Kier alpha value is -3.95. The molecule has 0 saturated heterocycles. The van der Waals surface area contributed by atoms with E-state index in [1.165, 1.54) is 10.6 Å². The zero-order valence-corrected chi connectivity index (χ0v) is 14.9. The average Bonchev–Trinajstić information content (AvgIpc) is 3.42. The Kier molecular flexibility index (Phi) is 3.90. The Bertz CT molecular complexity index is 1330. The third-order valence-corrected chi connectivity index (χ3v) is 4.44. The molecule has 5 rings (SSSR count). The molecular formula is C19H14F2N6O2. The van der Waals surface area contributed by atoms with Gasteiger partial charge in [0.05, 0.1) is 18.2 Å². The van der Waals surface area contributed by atoms with E-state index in [-0.39, 0.29) is 18.3 Å². The van der Waals surface area contributed by atoms with Gasteiger partial charge in [-0.25, -0.2) is 13.8 Å². The molecule has 0 aliphatic heterocycles. The molecule has 29 heavy (non-hydrogen) atoms. The summed E-state index contributed by atoms with van der Waals surface area (Å²) in [5.74, 6) is -0.326. The Labute approximate surface area is 162 Å². The number of nitrogens with zero attached hydrogens (tertiary/aromatic N) is 5. The van der Waals surface area contributed by atoms with Gasteiger partial charge in [0.2, 0.25) is 11.8 Å². The number of hydrogen-bond donors (Lipinski definition) is 1. The van der Waals surface area contributed by atoms with Gasteiger partial charge in [0, 0.05) is 12.3 Å². The van der Waals surface area contributed by atoms with E-state index in [9.17, 15) is 8.78 Å². The lowest BCUT2D eigenvalue weighted by molar-refractivity contribution is 0.285. The standard InChI is InChI=1S/C19H14F2N6O2/c20-11-3-4-14(13(21)10-11)29-9-7-26-6-5-12-17(26)24-19(22)27-18(12)23-16(25-27)15-2-1-8-28-15/h1-6,8,10H,7,9H2,(H2,22,24). The second-order valence-corrected chi connectivity index (χ2v) is 6.29. The minimum Gasteiger partial charge on any atom is -0.489 e. The van der Waals surface area contributed by atoms with Gasteiger partial charge in [0.1, 0.15) is 18.1 Å². The molecule has 2 N–H and O–H groups in total. The third kappa shape index (κ3) is 2.94. The van der Waals surface area contributed by atoms with Crippen molar-refractivity contribution in [3.63, 3.8) is 0 Å². The maximum Gasteiger partial charge on any atom is 0.225 e. The average molecular weight is 396 g/mol. The third-order valence-electron chi connectivity index (χ3n) is 4.44. The molecule has 4 aromatic heterocycles. The van der Waals surface area contributed by atoms with Crippen molar-refractivity contribution in [1.82, 2.24) is 24.1 Å². The summed E-state index contributed by atoms with van der Waals surface area (Å²) in [6.07, 6.45) is 3.35. The largest absolute Gasteiger partial charge is 0.489 e. The topological polar surface area (TPSA) is 96.4 Å². The Morgan fingerprint density at radius 2 is 2.00 bits per heavy atom. The zero-order chi connectivity index (χ0) is 20.0. The van der Waals surface area contributed by atoms with Crippen molar-refractivity contribution in [1.29, 1.82) is 0 Å². The second-order valence-electron chi connectivity index (χ2n) is 6.29. The Morgan fingerprint density at radius 1 is 1.10 bits per heavy atom. The highest BCUT2D eigenvalue weighted by Gasteiger charge is 2.16. The molecule has 0 amide bonds. The number of benzene rings is 1. The van der Waals surface area contributed by atoms with Crippen LogP contribution in [-0.2, 0) is 6.54 Å². The highest BCUT2D eigenvalue weighted by molar-refractivity contribution is 5.91. The molecule has 5 aromatic rings. The second kappa shape index (κ2) is 6.59. The molecule has 0 aliphatic rings. The highest BCUT2D eigenvalue weighted by atomic mass is 19.1. The van der Waals surface area contributed by atoms with Crippen molar-refractivity contribution in [2.45, 2.75) is 6.54 Å². The van der Waals surface area contributed by atoms with Crippen molar-refractivity contribution >= 4 is 22.6 Å². The lowest BCUT2D eigenvalue weighted by Crippen LogP contribution is -2.10. The van der Waals surface area contributed by atoms with Gasteiger partial charge in [-0.15, -0.1) is 5.10 Å². The first kappa shape index (κ1) is 17.2. The minimum atomic E-state index is -0.750. The Morgan fingerprint density at radius 3 is 2.79 bits per heavy atom. The van der Waals surface area contributed by atoms with Crippen molar-refractivity contribution in [2.24, 2.45) is 0 Å². The van der Waals surface area contributed by atoms with E-state index in [0.29, 0.717) is 29.4 Å². The summed E-state index contributed by atoms with van der Waals surface area (Å²) in [7, 11) is 0. The number of furan rings is 1. The summed E-state index contributed by atoms with van der Waals surface area (Å²) in [4.78, 5) is 8.92. The summed E-state index contributed by atoms with van der Waals surface area (Å²) < 4.78 is 40.7. The molecule has 0 atom stereocenters. The predicted octanol–water partition coefficient (Wildman–Crippen LogP) is 3.28. The molecule has 0 bridgehead atoms. The van der Waals surface area contributed by atoms with E-state index in [1.54, 1.807) is 18.4 Å². The maximum atomic E-state index is 13.7. The molecule has 10 heteroatoms. The monoisotopic (exact) mass is 396 g/mol. The van der Waals surface area contributed by atoms with Crippen LogP contribution in [0.15, 0.2) is 53.3 Å². The molecule has 0 aliphatic carbocycles. The summed E-state index contributed by atoms with van der Waals surface area (Å²) in [5.41, 5.74) is 7.20. The van der Waals surface area contributed by atoms with E-state index in [2.05, 4.69) is 15.1 Å². The van der Waals surface area contributed by atoms with E-state index >= 15 is 0 Å². The van der Waals surface area contributed by atoms with Crippen molar-refractivity contribution < 1.29 is 17.9 Å². The molecule has 0 unspecified atom stereocenters. The minimum absolute atomic E-state index is 0.0155. The van der Waals surface area contributed by atoms with Crippen molar-refractivity contribution in [3.8, 4) is 17.3 Å². The molecule has 8 nitrogen and oxygen atoms in total. The number of nitrogens with two attached hydrogens (primary N) is 1. The van der Waals surface area contributed by atoms with Crippen molar-refractivity contribution in [3.05, 3.63) is 60.5 Å². The number of fused-ring (bicyclic) bond motifs is 3. The van der Waals surface area contributed by atoms with Gasteiger partial charge < -0.3 is 19.5 Å². The first-order chi connectivity index (χ1) is 14.1. The first-order valence-electron chi connectivity index (χ1n) is 8.73. The number of nitrogen functional groups attached to an aromatic ring is 1. The molecular weight excluding hydrogens is 382 g/mol. The Balaban J connectivity index is 1.44. The molecule has 0 saturated carbocycles. The lowest BCUT2D eigenvalue weighted by Gasteiger charge is -2.09. The highest BCUT2D eigenvalue weighted by Crippen LogP contribution is 2.24. The number of anilines is 1. The van der Waals surface area contributed by atoms with Crippen LogP contribution in [0.3, 0.4) is 0 Å². The van der Waals surface area contributed by atoms with Crippen LogP contribution in [0.5, 0.6) is 5.75 Å². The van der Waals surface area contributed by atoms with Crippen LogP contribution in [0.1, 0.15) is 0 Å². The summed E-state index contributed by atoms with van der Waals surface area (Å²) in [6.45, 7) is 0.533. The summed E-state index contributed by atoms with van der Waals surface area (Å²) >= 11 is 0. The SMILES string of the molecule is Nc1nc2c(ccn2CCOc2ccc(F)cc2F)c2nc(-c3ccco3)nn12. The molecule has 1 aromatic carbocycles. The van der Waals surface area contributed by atoms with Crippen LogP contribution < -0.4 is 10.5 Å². The van der Waals surface area contributed by atoms with Gasteiger partial charge in [0.15, 0.2) is 23.0 Å². The predicted molar refractivity (Wildman–Crippen MR) is 100 cm³/mol. The maximum absolute atomic E-state index is 13.7. The summed E-state index contributed by atoms with van der Waals surface area (Å²) in [6, 6.07) is 8.53. The van der Waals surface area contributed by atoms with Crippen LogP contribution in [-0.4, -0.2) is 30.8 Å². The van der Waals surface area contributed by atoms with Gasteiger partial charge in [-0.05, 0) is 30.3 Å².